The van der Waals surface area contributed by atoms with E-state index in [-0.39, 0.29) is 23.8 Å². The first-order valence-electron chi connectivity index (χ1n) is 11.9. The normalized spacial score (nSPS) is 14.1. The van der Waals surface area contributed by atoms with Gasteiger partial charge in [0.25, 0.3) is 5.69 Å². The number of ether oxygens (including phenoxy) is 1. The number of carbonyl (C=O) groups excluding carboxylic acids is 1. The van der Waals surface area contributed by atoms with Gasteiger partial charge in [-0.15, -0.1) is 10.2 Å². The van der Waals surface area contributed by atoms with Crippen LogP contribution in [-0.4, -0.2) is 36.7 Å². The number of anilines is 2. The highest BCUT2D eigenvalue weighted by molar-refractivity contribution is 7.99. The number of ketones is 1. The van der Waals surface area contributed by atoms with Gasteiger partial charge in [-0.2, -0.15) is 5.26 Å². The molecule has 1 aliphatic heterocycles. The summed E-state index contributed by atoms with van der Waals surface area (Å²) in [6.07, 6.45) is 0.540. The highest BCUT2D eigenvalue weighted by atomic mass is 32.2. The number of benzene rings is 2. The van der Waals surface area contributed by atoms with Crippen molar-refractivity contribution in [1.29, 1.82) is 5.26 Å². The van der Waals surface area contributed by atoms with Crippen LogP contribution in [0, 0.1) is 28.4 Å². The van der Waals surface area contributed by atoms with Crippen molar-refractivity contribution >= 4 is 40.4 Å². The Labute approximate surface area is 222 Å². The molecule has 2 aromatic carbocycles. The quantitative estimate of drug-likeness (QED) is 0.145. The molecule has 10 nitrogen and oxygen atoms in total. The molecule has 1 aliphatic rings. The van der Waals surface area contributed by atoms with Crippen molar-refractivity contribution in [3.63, 3.8) is 0 Å². The highest BCUT2D eigenvalue weighted by Gasteiger charge is 2.33. The predicted molar refractivity (Wildman–Crippen MR) is 143 cm³/mol. The molecule has 1 N–H and O–H groups in total. The van der Waals surface area contributed by atoms with Crippen LogP contribution in [0.15, 0.2) is 53.7 Å². The fraction of sp³-hybridized carbons (Fsp3) is 0.259. The molecule has 11 heteroatoms. The van der Waals surface area contributed by atoms with Crippen molar-refractivity contribution in [1.82, 2.24) is 14.6 Å². The molecule has 0 saturated heterocycles. The number of hydrogen-bond acceptors (Lipinski definition) is 9. The fourth-order valence-corrected chi connectivity index (χ4v) is 5.22. The second-order valence-electron chi connectivity index (χ2n) is 9.67. The molecule has 5 rings (SSSR count). The van der Waals surface area contributed by atoms with E-state index in [0.29, 0.717) is 34.2 Å². The van der Waals surface area contributed by atoms with Gasteiger partial charge >= 0.3 is 0 Å². The number of nitrogens with one attached hydrogen (secondary N) is 1. The fourth-order valence-electron chi connectivity index (χ4n) is 4.39. The zero-order valence-corrected chi connectivity index (χ0v) is 21.8. The zero-order chi connectivity index (χ0) is 27.0. The van der Waals surface area contributed by atoms with Gasteiger partial charge in [0, 0.05) is 35.4 Å². The van der Waals surface area contributed by atoms with E-state index in [1.54, 1.807) is 4.40 Å². The van der Waals surface area contributed by atoms with Crippen LogP contribution in [0.25, 0.3) is 5.65 Å². The Morgan fingerprint density at radius 1 is 1.18 bits per heavy atom. The summed E-state index contributed by atoms with van der Waals surface area (Å²) in [7, 11) is 0. The van der Waals surface area contributed by atoms with Crippen molar-refractivity contribution in [2.45, 2.75) is 44.6 Å². The maximum absolute atomic E-state index is 12.9. The third kappa shape index (κ3) is 4.83. The molecule has 4 aromatic rings. The zero-order valence-electron chi connectivity index (χ0n) is 21.0. The van der Waals surface area contributed by atoms with Crippen LogP contribution in [0.1, 0.15) is 46.5 Å². The second kappa shape index (κ2) is 9.89. The molecule has 0 radical (unpaired) electrons. The number of nitro groups is 1. The molecule has 0 aliphatic carbocycles. The molecule has 2 aromatic heterocycles. The van der Waals surface area contributed by atoms with Gasteiger partial charge in [0.1, 0.15) is 11.9 Å². The number of pyridine rings is 1. The van der Waals surface area contributed by atoms with Crippen molar-refractivity contribution in [3.05, 3.63) is 86.5 Å². The van der Waals surface area contributed by atoms with E-state index < -0.39 is 10.5 Å². The molecule has 0 unspecified atom stereocenters. The van der Waals surface area contributed by atoms with Gasteiger partial charge in [-0.1, -0.05) is 29.5 Å². The van der Waals surface area contributed by atoms with E-state index >= 15 is 0 Å². The summed E-state index contributed by atoms with van der Waals surface area (Å²) in [5.41, 5.74) is 4.47. The average Bonchev–Trinajstić information content (AvgIpc) is 3.32. The number of carbonyl (C=O) groups is 1. The molecular weight excluding hydrogens is 504 g/mol. The summed E-state index contributed by atoms with van der Waals surface area (Å²) in [5, 5.41) is 33.8. The number of thioether (sulfide) groups is 1. The van der Waals surface area contributed by atoms with Gasteiger partial charge in [-0.25, -0.2) is 0 Å². The Morgan fingerprint density at radius 2 is 1.89 bits per heavy atom. The Kier molecular flexibility index (Phi) is 6.60. The number of nitro benzene ring substituents is 1. The Hall–Kier alpha value is -4.27. The lowest BCUT2D eigenvalue weighted by Crippen LogP contribution is -2.33. The number of aryl methyl sites for hydroxylation is 1. The maximum atomic E-state index is 12.9. The lowest BCUT2D eigenvalue weighted by molar-refractivity contribution is -0.384. The number of aromatic nitrogens is 3. The Morgan fingerprint density at radius 3 is 2.55 bits per heavy atom. The molecule has 0 amide bonds. The molecule has 0 atom stereocenters. The molecular formula is C27H24N6O4S. The van der Waals surface area contributed by atoms with Crippen molar-refractivity contribution < 1.29 is 14.5 Å². The van der Waals surface area contributed by atoms with Crippen LogP contribution >= 0.6 is 11.8 Å². The van der Waals surface area contributed by atoms with Crippen LogP contribution in [0.4, 0.5) is 17.2 Å². The van der Waals surface area contributed by atoms with Gasteiger partial charge < -0.3 is 10.1 Å². The van der Waals surface area contributed by atoms with Gasteiger partial charge in [-0.05, 0) is 50.6 Å². The minimum Gasteiger partial charge on any atom is -0.370 e. The summed E-state index contributed by atoms with van der Waals surface area (Å²) >= 11 is 1.18. The number of rotatable bonds is 7. The number of nitrogens with zero attached hydrogens (tertiary/aromatic N) is 5. The predicted octanol–water partition coefficient (Wildman–Crippen LogP) is 5.39. The molecule has 0 spiro atoms. The van der Waals surface area contributed by atoms with Crippen LogP contribution in [0.2, 0.25) is 0 Å². The van der Waals surface area contributed by atoms with Gasteiger partial charge in [-0.3, -0.25) is 19.3 Å². The minimum atomic E-state index is -0.508. The number of nitriles is 1. The Balaban J connectivity index is 1.56. The first kappa shape index (κ1) is 25.4. The molecule has 38 heavy (non-hydrogen) atoms. The number of Topliss-reactive ketones (excluding diaryl/α,β-unsaturated/α-hetero) is 1. The maximum Gasteiger partial charge on any atom is 0.269 e. The third-order valence-corrected chi connectivity index (χ3v) is 7.33. The number of fused-ring (bicyclic) bond motifs is 3. The van der Waals surface area contributed by atoms with Crippen molar-refractivity contribution in [2.75, 3.05) is 11.1 Å². The van der Waals surface area contributed by atoms with E-state index in [1.807, 2.05) is 45.0 Å². The summed E-state index contributed by atoms with van der Waals surface area (Å²) < 4.78 is 7.81. The first-order valence-corrected chi connectivity index (χ1v) is 12.9. The largest absolute Gasteiger partial charge is 0.370 e. The van der Waals surface area contributed by atoms with E-state index in [2.05, 4.69) is 21.6 Å². The molecule has 192 valence electrons. The lowest BCUT2D eigenvalue weighted by Gasteiger charge is -2.33. The van der Waals surface area contributed by atoms with Crippen molar-refractivity contribution in [2.24, 2.45) is 0 Å². The molecule has 0 bridgehead atoms. The van der Waals surface area contributed by atoms with Crippen LogP contribution < -0.4 is 5.32 Å². The van der Waals surface area contributed by atoms with E-state index in [4.69, 9.17) is 4.74 Å². The minimum absolute atomic E-state index is 0.0328. The second-order valence-corrected chi connectivity index (χ2v) is 10.6. The summed E-state index contributed by atoms with van der Waals surface area (Å²) in [4.78, 5) is 23.3. The molecule has 0 saturated carbocycles. The van der Waals surface area contributed by atoms with Gasteiger partial charge in [0.15, 0.2) is 16.6 Å². The molecule has 3 heterocycles. The van der Waals surface area contributed by atoms with Crippen LogP contribution in [-0.2, 0) is 17.8 Å². The van der Waals surface area contributed by atoms with E-state index in [0.717, 1.165) is 22.4 Å². The SMILES string of the molecule is Cc1ccc(Nc2c(C#N)c3c(c4nnc(SCC(=O)c5ccc([N+](=O)[O-])cc5)n24)COC(C)(C)C3)cc1. The topological polar surface area (TPSA) is 135 Å². The van der Waals surface area contributed by atoms with Gasteiger partial charge in [0.05, 0.1) is 28.4 Å². The van der Waals surface area contributed by atoms with Crippen LogP contribution in [0.3, 0.4) is 0 Å². The van der Waals surface area contributed by atoms with Gasteiger partial charge in [0.2, 0.25) is 0 Å². The lowest BCUT2D eigenvalue weighted by atomic mass is 9.89. The van der Waals surface area contributed by atoms with E-state index in [1.165, 1.54) is 36.0 Å². The highest BCUT2D eigenvalue weighted by Crippen LogP contribution is 2.38. The Bertz CT molecular complexity index is 1600. The monoisotopic (exact) mass is 528 g/mol. The summed E-state index contributed by atoms with van der Waals surface area (Å²) in [6, 6.07) is 15.7. The first-order chi connectivity index (χ1) is 18.2. The smallest absolute Gasteiger partial charge is 0.269 e. The molecule has 0 fully saturated rings. The van der Waals surface area contributed by atoms with Crippen LogP contribution in [0.5, 0.6) is 0 Å². The summed E-state index contributed by atoms with van der Waals surface area (Å²) in [6.45, 7) is 6.27. The number of non-ortho nitro benzene ring substituents is 1. The van der Waals surface area contributed by atoms with Crippen molar-refractivity contribution in [3.8, 4) is 6.07 Å². The van der Waals surface area contributed by atoms with E-state index in [9.17, 15) is 20.2 Å². The average molecular weight is 529 g/mol. The third-order valence-electron chi connectivity index (χ3n) is 6.40. The number of hydrogen-bond donors (Lipinski definition) is 1. The standard InChI is InChI=1S/C27H24N6O4S/c1-16-4-8-18(9-5-16)29-24-21(13-28)20-12-27(2,3)37-14-22(20)25-30-31-26(32(24)25)38-15-23(34)17-6-10-19(11-7-17)33(35)36/h4-11,29H,12,14-15H2,1-3H3. The summed E-state index contributed by atoms with van der Waals surface area (Å²) in [5.74, 6) is 0.349.